The first-order valence-electron chi connectivity index (χ1n) is 5.68. The molecule has 0 saturated carbocycles. The lowest BCUT2D eigenvalue weighted by Crippen LogP contribution is -2.36. The predicted molar refractivity (Wildman–Crippen MR) is 67.1 cm³/mol. The maximum Gasteiger partial charge on any atom is 0.311 e. The maximum absolute atomic E-state index is 11.2. The standard InChI is InChI=1S/C13H16N2O3/c1-7-15-9-6-8(4-5-10(9)18-7)11(14)13(2,3)12(16)17/h4-6,11H,14H2,1-3H3,(H,16,17). The highest BCUT2D eigenvalue weighted by atomic mass is 16.4. The van der Waals surface area contributed by atoms with Gasteiger partial charge >= 0.3 is 5.97 Å². The Kier molecular flexibility index (Phi) is 2.86. The van der Waals surface area contributed by atoms with Gasteiger partial charge in [0.25, 0.3) is 0 Å². The lowest BCUT2D eigenvalue weighted by molar-refractivity contribution is -0.148. The van der Waals surface area contributed by atoms with Crippen LogP contribution in [0.15, 0.2) is 22.6 Å². The van der Waals surface area contributed by atoms with Crippen molar-refractivity contribution in [1.82, 2.24) is 4.98 Å². The topological polar surface area (TPSA) is 89.3 Å². The molecule has 1 unspecified atom stereocenters. The number of fused-ring (bicyclic) bond motifs is 1. The number of carboxylic acid groups (broad SMARTS) is 1. The number of nitrogens with two attached hydrogens (primary N) is 1. The van der Waals surface area contributed by atoms with Gasteiger partial charge in [0.2, 0.25) is 0 Å². The molecule has 0 aliphatic heterocycles. The number of carboxylic acids is 1. The molecule has 0 bridgehead atoms. The molecular weight excluding hydrogens is 232 g/mol. The van der Waals surface area contributed by atoms with E-state index in [1.807, 2.05) is 0 Å². The molecule has 18 heavy (non-hydrogen) atoms. The van der Waals surface area contributed by atoms with Gasteiger partial charge in [-0.3, -0.25) is 4.79 Å². The zero-order valence-corrected chi connectivity index (χ0v) is 10.6. The molecule has 1 heterocycles. The number of aromatic nitrogens is 1. The molecule has 1 aromatic heterocycles. The fourth-order valence-corrected chi connectivity index (χ4v) is 1.80. The monoisotopic (exact) mass is 248 g/mol. The summed E-state index contributed by atoms with van der Waals surface area (Å²) in [6.45, 7) is 4.98. The van der Waals surface area contributed by atoms with E-state index in [9.17, 15) is 9.90 Å². The van der Waals surface area contributed by atoms with Crippen LogP contribution in [0.4, 0.5) is 0 Å². The first-order chi connectivity index (χ1) is 8.32. The minimum atomic E-state index is -1.04. The minimum absolute atomic E-state index is 0.577. The van der Waals surface area contributed by atoms with Gasteiger partial charge in [0, 0.05) is 13.0 Å². The zero-order valence-electron chi connectivity index (χ0n) is 10.6. The van der Waals surface area contributed by atoms with Crippen molar-refractivity contribution in [3.8, 4) is 0 Å². The third-order valence-corrected chi connectivity index (χ3v) is 3.21. The third-order valence-electron chi connectivity index (χ3n) is 3.21. The molecule has 3 N–H and O–H groups in total. The van der Waals surface area contributed by atoms with Crippen molar-refractivity contribution in [2.24, 2.45) is 11.1 Å². The second-order valence-electron chi connectivity index (χ2n) is 4.96. The van der Waals surface area contributed by atoms with Crippen LogP contribution in [-0.4, -0.2) is 16.1 Å². The number of oxazole rings is 1. The van der Waals surface area contributed by atoms with Crippen molar-refractivity contribution in [2.75, 3.05) is 0 Å². The SMILES string of the molecule is Cc1nc2cc(C(N)C(C)(C)C(=O)O)ccc2o1. The molecule has 0 fully saturated rings. The molecule has 1 aromatic carbocycles. The molecule has 0 amide bonds. The fourth-order valence-electron chi connectivity index (χ4n) is 1.80. The Bertz CT molecular complexity index is 601. The Hall–Kier alpha value is -1.88. The number of nitrogens with zero attached hydrogens (tertiary/aromatic N) is 1. The van der Waals surface area contributed by atoms with Crippen molar-refractivity contribution >= 4 is 17.1 Å². The average molecular weight is 248 g/mol. The molecule has 0 spiro atoms. The van der Waals surface area contributed by atoms with E-state index in [0.29, 0.717) is 17.0 Å². The first kappa shape index (κ1) is 12.6. The average Bonchev–Trinajstić information content (AvgIpc) is 2.66. The van der Waals surface area contributed by atoms with E-state index < -0.39 is 17.4 Å². The van der Waals surface area contributed by atoms with Crippen molar-refractivity contribution in [2.45, 2.75) is 26.8 Å². The first-order valence-corrected chi connectivity index (χ1v) is 5.68. The highest BCUT2D eigenvalue weighted by molar-refractivity contribution is 5.77. The molecule has 5 nitrogen and oxygen atoms in total. The number of aryl methyl sites for hydroxylation is 1. The van der Waals surface area contributed by atoms with Crippen molar-refractivity contribution < 1.29 is 14.3 Å². The van der Waals surface area contributed by atoms with Crippen molar-refractivity contribution in [3.63, 3.8) is 0 Å². The molecule has 0 radical (unpaired) electrons. The Balaban J connectivity index is 2.44. The maximum atomic E-state index is 11.2. The summed E-state index contributed by atoms with van der Waals surface area (Å²) in [4.78, 5) is 15.4. The van der Waals surface area contributed by atoms with E-state index in [0.717, 1.165) is 5.56 Å². The molecule has 0 aliphatic rings. The van der Waals surface area contributed by atoms with Crippen LogP contribution in [0.1, 0.15) is 31.3 Å². The third kappa shape index (κ3) is 1.97. The number of carbonyl (C=O) groups is 1. The van der Waals surface area contributed by atoms with Gasteiger partial charge in [-0.25, -0.2) is 4.98 Å². The van der Waals surface area contributed by atoms with Crippen LogP contribution in [0.3, 0.4) is 0 Å². The van der Waals surface area contributed by atoms with Crippen LogP contribution in [0, 0.1) is 12.3 Å². The van der Waals surface area contributed by atoms with Gasteiger partial charge in [0.15, 0.2) is 11.5 Å². The largest absolute Gasteiger partial charge is 0.481 e. The van der Waals surface area contributed by atoms with Gasteiger partial charge < -0.3 is 15.3 Å². The molecule has 5 heteroatoms. The summed E-state index contributed by atoms with van der Waals surface area (Å²) in [6.07, 6.45) is 0. The minimum Gasteiger partial charge on any atom is -0.481 e. The molecule has 0 saturated heterocycles. The van der Waals surface area contributed by atoms with E-state index in [4.69, 9.17) is 10.2 Å². The molecule has 96 valence electrons. The van der Waals surface area contributed by atoms with Crippen molar-refractivity contribution in [3.05, 3.63) is 29.7 Å². The van der Waals surface area contributed by atoms with Gasteiger partial charge in [-0.2, -0.15) is 0 Å². The van der Waals surface area contributed by atoms with Crippen LogP contribution in [-0.2, 0) is 4.79 Å². The van der Waals surface area contributed by atoms with Crippen LogP contribution in [0.25, 0.3) is 11.1 Å². The lowest BCUT2D eigenvalue weighted by Gasteiger charge is -2.27. The molecule has 0 aliphatic carbocycles. The Labute approximate surface area is 105 Å². The summed E-state index contributed by atoms with van der Waals surface area (Å²) < 4.78 is 5.37. The quantitative estimate of drug-likeness (QED) is 0.869. The van der Waals surface area contributed by atoms with Gasteiger partial charge in [0.1, 0.15) is 5.52 Å². The second-order valence-corrected chi connectivity index (χ2v) is 4.96. The number of aliphatic carboxylic acids is 1. The molecular formula is C13H16N2O3. The Morgan fingerprint density at radius 2 is 2.17 bits per heavy atom. The number of benzene rings is 1. The summed E-state index contributed by atoms with van der Waals surface area (Å²) in [6, 6.07) is 4.72. The highest BCUT2D eigenvalue weighted by Gasteiger charge is 2.35. The van der Waals surface area contributed by atoms with E-state index in [-0.39, 0.29) is 0 Å². The summed E-state index contributed by atoms with van der Waals surface area (Å²) in [7, 11) is 0. The summed E-state index contributed by atoms with van der Waals surface area (Å²) in [5, 5.41) is 9.18. The normalized spacial score (nSPS) is 13.8. The van der Waals surface area contributed by atoms with Crippen LogP contribution < -0.4 is 5.73 Å². The molecule has 2 aromatic rings. The zero-order chi connectivity index (χ0) is 13.5. The van der Waals surface area contributed by atoms with Gasteiger partial charge in [-0.05, 0) is 31.5 Å². The van der Waals surface area contributed by atoms with E-state index >= 15 is 0 Å². The predicted octanol–water partition coefficient (Wildman–Crippen LogP) is 2.25. The number of hydrogen-bond donors (Lipinski definition) is 2. The molecule has 1 atom stereocenters. The van der Waals surface area contributed by atoms with Gasteiger partial charge in [-0.1, -0.05) is 6.07 Å². The van der Waals surface area contributed by atoms with E-state index in [1.54, 1.807) is 39.0 Å². The van der Waals surface area contributed by atoms with Gasteiger partial charge in [0.05, 0.1) is 5.41 Å². The Morgan fingerprint density at radius 1 is 1.50 bits per heavy atom. The highest BCUT2D eigenvalue weighted by Crippen LogP contribution is 2.32. The van der Waals surface area contributed by atoms with Crippen LogP contribution in [0.2, 0.25) is 0 Å². The summed E-state index contributed by atoms with van der Waals surface area (Å²) in [5.41, 5.74) is 7.11. The van der Waals surface area contributed by atoms with E-state index in [1.165, 1.54) is 0 Å². The smallest absolute Gasteiger partial charge is 0.311 e. The van der Waals surface area contributed by atoms with Crippen LogP contribution in [0.5, 0.6) is 0 Å². The molecule has 2 rings (SSSR count). The Morgan fingerprint density at radius 3 is 2.78 bits per heavy atom. The number of hydrogen-bond acceptors (Lipinski definition) is 4. The second kappa shape index (κ2) is 4.10. The van der Waals surface area contributed by atoms with E-state index in [2.05, 4.69) is 4.98 Å². The fraction of sp³-hybridized carbons (Fsp3) is 0.385. The van der Waals surface area contributed by atoms with Crippen molar-refractivity contribution in [1.29, 1.82) is 0 Å². The lowest BCUT2D eigenvalue weighted by atomic mass is 9.81. The van der Waals surface area contributed by atoms with Crippen LogP contribution >= 0.6 is 0 Å². The number of rotatable bonds is 3. The summed E-state index contributed by atoms with van der Waals surface area (Å²) >= 11 is 0. The van der Waals surface area contributed by atoms with Gasteiger partial charge in [-0.15, -0.1) is 0 Å². The summed E-state index contributed by atoms with van der Waals surface area (Å²) in [5.74, 6) is -0.348.